The topological polar surface area (TPSA) is 72.2 Å². The minimum absolute atomic E-state index is 0.113. The molecule has 3 aromatic rings. The summed E-state index contributed by atoms with van der Waals surface area (Å²) in [5.74, 6) is -0.875. The van der Waals surface area contributed by atoms with Crippen molar-refractivity contribution in [2.75, 3.05) is 0 Å². The predicted molar refractivity (Wildman–Crippen MR) is 102 cm³/mol. The number of hydrogen-bond donors (Lipinski definition) is 1. The van der Waals surface area contributed by atoms with Crippen LogP contribution in [-0.2, 0) is 6.42 Å². The Labute approximate surface area is 154 Å². The maximum atomic E-state index is 12.3. The Morgan fingerprint density at radius 1 is 1.35 bits per heavy atom. The lowest BCUT2D eigenvalue weighted by atomic mass is 9.86. The van der Waals surface area contributed by atoms with Gasteiger partial charge < -0.3 is 9.67 Å². The molecular formula is C20H18N2O3S. The van der Waals surface area contributed by atoms with Crippen LogP contribution >= 0.6 is 11.3 Å². The van der Waals surface area contributed by atoms with Crippen molar-refractivity contribution in [3.63, 3.8) is 0 Å². The number of thiazole rings is 1. The van der Waals surface area contributed by atoms with E-state index in [1.54, 1.807) is 17.5 Å². The molecule has 2 aromatic heterocycles. The monoisotopic (exact) mass is 366 g/mol. The number of benzene rings is 1. The molecule has 0 spiro atoms. The van der Waals surface area contributed by atoms with Crippen LogP contribution in [0.1, 0.15) is 35.8 Å². The Morgan fingerprint density at radius 3 is 2.81 bits per heavy atom. The maximum absolute atomic E-state index is 12.3. The first kappa shape index (κ1) is 16.7. The molecule has 132 valence electrons. The molecule has 0 saturated heterocycles. The van der Waals surface area contributed by atoms with E-state index in [2.05, 4.69) is 37.0 Å². The van der Waals surface area contributed by atoms with Crippen LogP contribution in [0.4, 0.5) is 0 Å². The van der Waals surface area contributed by atoms with E-state index >= 15 is 0 Å². The first-order valence-electron chi connectivity index (χ1n) is 8.48. The second-order valence-corrected chi connectivity index (χ2v) is 7.77. The average molecular weight is 366 g/mol. The fraction of sp³-hybridized carbons (Fsp3) is 0.250. The zero-order valence-corrected chi connectivity index (χ0v) is 15.3. The summed E-state index contributed by atoms with van der Waals surface area (Å²) in [5.41, 5.74) is 3.29. The second-order valence-electron chi connectivity index (χ2n) is 6.87. The van der Waals surface area contributed by atoms with Crippen LogP contribution in [0.15, 0.2) is 46.8 Å². The third-order valence-corrected chi connectivity index (χ3v) is 5.75. The molecule has 3 heterocycles. The molecule has 5 nitrogen and oxygen atoms in total. The summed E-state index contributed by atoms with van der Waals surface area (Å²) in [4.78, 5) is 28.1. The van der Waals surface area contributed by atoms with Gasteiger partial charge in [-0.1, -0.05) is 26.0 Å². The molecule has 1 atom stereocenters. The fourth-order valence-corrected chi connectivity index (χ4v) is 4.21. The SMILES string of the molecule is CC(C)C1Cc2ccc(-c3nccs3)cc2-c2cc(=O)c(C(=O)O)cn21. The van der Waals surface area contributed by atoms with Gasteiger partial charge in [-0.05, 0) is 24.0 Å². The predicted octanol–water partition coefficient (Wildman–Crippen LogP) is 4.09. The van der Waals surface area contributed by atoms with Crippen LogP contribution in [0.25, 0.3) is 21.8 Å². The van der Waals surface area contributed by atoms with Gasteiger partial charge in [-0.15, -0.1) is 11.3 Å². The quantitative estimate of drug-likeness (QED) is 0.758. The van der Waals surface area contributed by atoms with Gasteiger partial charge in [0, 0.05) is 41.0 Å². The number of aromatic nitrogens is 2. The van der Waals surface area contributed by atoms with Gasteiger partial charge in [0.25, 0.3) is 0 Å². The number of pyridine rings is 1. The molecule has 6 heteroatoms. The molecule has 1 aliphatic heterocycles. The van der Waals surface area contributed by atoms with Gasteiger partial charge in [-0.2, -0.15) is 0 Å². The van der Waals surface area contributed by atoms with Crippen molar-refractivity contribution in [2.45, 2.75) is 26.3 Å². The van der Waals surface area contributed by atoms with Crippen LogP contribution in [0.2, 0.25) is 0 Å². The second kappa shape index (κ2) is 6.21. The highest BCUT2D eigenvalue weighted by Crippen LogP contribution is 2.39. The van der Waals surface area contributed by atoms with E-state index in [9.17, 15) is 14.7 Å². The lowest BCUT2D eigenvalue weighted by molar-refractivity contribution is 0.0694. The number of carboxylic acids is 1. The molecule has 4 rings (SSSR count). The highest BCUT2D eigenvalue weighted by atomic mass is 32.1. The summed E-state index contributed by atoms with van der Waals surface area (Å²) in [5, 5.41) is 12.2. The number of aromatic carboxylic acids is 1. The van der Waals surface area contributed by atoms with E-state index in [-0.39, 0.29) is 11.6 Å². The Hall–Kier alpha value is -2.73. The molecule has 0 aliphatic carbocycles. The van der Waals surface area contributed by atoms with Gasteiger partial charge in [0.2, 0.25) is 0 Å². The van der Waals surface area contributed by atoms with E-state index in [0.29, 0.717) is 5.92 Å². The zero-order chi connectivity index (χ0) is 18.4. The highest BCUT2D eigenvalue weighted by Gasteiger charge is 2.28. The molecule has 1 unspecified atom stereocenters. The number of carboxylic acid groups (broad SMARTS) is 1. The number of hydrogen-bond acceptors (Lipinski definition) is 4. The van der Waals surface area contributed by atoms with Crippen molar-refractivity contribution in [2.24, 2.45) is 5.92 Å². The molecule has 1 aliphatic rings. The largest absolute Gasteiger partial charge is 0.477 e. The van der Waals surface area contributed by atoms with E-state index in [4.69, 9.17) is 0 Å². The molecule has 0 radical (unpaired) electrons. The Kier molecular flexibility index (Phi) is 4.00. The third kappa shape index (κ3) is 2.66. The molecular weight excluding hydrogens is 348 g/mol. The van der Waals surface area contributed by atoms with Crippen LogP contribution in [0.5, 0.6) is 0 Å². The van der Waals surface area contributed by atoms with Crippen LogP contribution in [0, 0.1) is 5.92 Å². The lowest BCUT2D eigenvalue weighted by Crippen LogP contribution is -2.28. The summed E-state index contributed by atoms with van der Waals surface area (Å²) in [7, 11) is 0. The Bertz CT molecular complexity index is 1050. The standard InChI is InChI=1S/C20H18N2O3S/c1-11(2)16-8-12-3-4-13(19-21-5-6-26-19)7-14(12)17-9-18(23)15(20(24)25)10-22(16)17/h3-7,9-11,16H,8H2,1-2H3,(H,24,25). The molecule has 0 amide bonds. The first-order valence-corrected chi connectivity index (χ1v) is 9.36. The van der Waals surface area contributed by atoms with Gasteiger partial charge in [-0.25, -0.2) is 9.78 Å². The average Bonchev–Trinajstić information content (AvgIpc) is 3.14. The van der Waals surface area contributed by atoms with Crippen molar-refractivity contribution in [1.29, 1.82) is 0 Å². The zero-order valence-electron chi connectivity index (χ0n) is 14.5. The summed E-state index contributed by atoms with van der Waals surface area (Å²) < 4.78 is 1.96. The molecule has 0 saturated carbocycles. The third-order valence-electron chi connectivity index (χ3n) is 4.93. The number of rotatable bonds is 3. The molecule has 0 fully saturated rings. The van der Waals surface area contributed by atoms with E-state index in [0.717, 1.165) is 28.2 Å². The number of fused-ring (bicyclic) bond motifs is 3. The maximum Gasteiger partial charge on any atom is 0.341 e. The van der Waals surface area contributed by atoms with E-state index in [1.807, 2.05) is 9.95 Å². The fourth-order valence-electron chi connectivity index (χ4n) is 3.57. The Balaban J connectivity index is 1.96. The summed E-state index contributed by atoms with van der Waals surface area (Å²) in [6.45, 7) is 4.23. The molecule has 1 aromatic carbocycles. The normalized spacial score (nSPS) is 15.6. The smallest absolute Gasteiger partial charge is 0.341 e. The van der Waals surface area contributed by atoms with Crippen molar-refractivity contribution >= 4 is 17.3 Å². The molecule has 0 bridgehead atoms. The van der Waals surface area contributed by atoms with Gasteiger partial charge in [0.05, 0.1) is 5.69 Å². The minimum atomic E-state index is -1.19. The van der Waals surface area contributed by atoms with Gasteiger partial charge in [0.15, 0.2) is 5.43 Å². The van der Waals surface area contributed by atoms with Crippen LogP contribution in [0.3, 0.4) is 0 Å². The van der Waals surface area contributed by atoms with Crippen molar-refractivity contribution in [1.82, 2.24) is 9.55 Å². The van der Waals surface area contributed by atoms with Gasteiger partial charge in [-0.3, -0.25) is 4.79 Å². The minimum Gasteiger partial charge on any atom is -0.477 e. The van der Waals surface area contributed by atoms with Crippen LogP contribution < -0.4 is 5.43 Å². The molecule has 26 heavy (non-hydrogen) atoms. The van der Waals surface area contributed by atoms with Crippen molar-refractivity contribution in [3.8, 4) is 21.8 Å². The van der Waals surface area contributed by atoms with E-state index in [1.165, 1.54) is 17.8 Å². The Morgan fingerprint density at radius 2 is 2.15 bits per heavy atom. The lowest BCUT2D eigenvalue weighted by Gasteiger charge is -2.33. The summed E-state index contributed by atoms with van der Waals surface area (Å²) in [6.07, 6.45) is 4.08. The highest BCUT2D eigenvalue weighted by molar-refractivity contribution is 7.13. The van der Waals surface area contributed by atoms with Gasteiger partial charge in [0.1, 0.15) is 10.6 Å². The number of nitrogens with zero attached hydrogens (tertiary/aromatic N) is 2. The van der Waals surface area contributed by atoms with Crippen LogP contribution in [-0.4, -0.2) is 20.6 Å². The summed E-state index contributed by atoms with van der Waals surface area (Å²) in [6, 6.07) is 7.79. The van der Waals surface area contributed by atoms with Crippen molar-refractivity contribution in [3.05, 3.63) is 63.4 Å². The van der Waals surface area contributed by atoms with Gasteiger partial charge >= 0.3 is 5.97 Å². The summed E-state index contributed by atoms with van der Waals surface area (Å²) >= 11 is 1.57. The van der Waals surface area contributed by atoms with E-state index < -0.39 is 11.4 Å². The first-order chi connectivity index (χ1) is 12.5. The van der Waals surface area contributed by atoms with Crippen molar-refractivity contribution < 1.29 is 9.90 Å². The molecule has 1 N–H and O–H groups in total. The number of carbonyl (C=O) groups is 1.